The molecule has 1 aromatic rings. The van der Waals surface area contributed by atoms with Crippen LogP contribution >= 0.6 is 0 Å². The zero-order chi connectivity index (χ0) is 18.0. The summed E-state index contributed by atoms with van der Waals surface area (Å²) in [5.41, 5.74) is 1.78. The zero-order valence-corrected chi connectivity index (χ0v) is 15.0. The van der Waals surface area contributed by atoms with Gasteiger partial charge in [-0.15, -0.1) is 0 Å². The summed E-state index contributed by atoms with van der Waals surface area (Å²) in [6.45, 7) is 7.13. The van der Waals surface area contributed by atoms with Crippen LogP contribution in [0.1, 0.15) is 60.7 Å². The fourth-order valence-corrected chi connectivity index (χ4v) is 3.16. The van der Waals surface area contributed by atoms with E-state index in [0.29, 0.717) is 53.4 Å². The van der Waals surface area contributed by atoms with Crippen LogP contribution in [0.4, 0.5) is 0 Å². The molecule has 1 aliphatic carbocycles. The third kappa shape index (κ3) is 3.33. The van der Waals surface area contributed by atoms with Crippen molar-refractivity contribution in [2.24, 2.45) is 0 Å². The van der Waals surface area contributed by atoms with Gasteiger partial charge in [0.05, 0.1) is 31.5 Å². The van der Waals surface area contributed by atoms with Gasteiger partial charge >= 0.3 is 0 Å². The van der Waals surface area contributed by atoms with Gasteiger partial charge in [-0.2, -0.15) is 0 Å². The van der Waals surface area contributed by atoms with Crippen LogP contribution in [0.5, 0.6) is 11.5 Å². The summed E-state index contributed by atoms with van der Waals surface area (Å²) in [5, 5.41) is 0. The standard InChI is InChI=1S/C20H24O5/c1-4-6-23-13-9-15-18(17(10-13)24-7-5-2)20(22)16-11-25-12(3)8-14(16)19(15)21/h9-10,12H,4-8,11H2,1-3H3/t12-/m0/s1. The molecule has 1 aromatic carbocycles. The molecule has 0 amide bonds. The van der Waals surface area contributed by atoms with Crippen LogP contribution in [0.15, 0.2) is 23.3 Å². The maximum atomic E-state index is 13.0. The summed E-state index contributed by atoms with van der Waals surface area (Å²) >= 11 is 0. The Bertz CT molecular complexity index is 732. The molecule has 2 aliphatic rings. The highest BCUT2D eigenvalue weighted by Crippen LogP contribution is 2.39. The van der Waals surface area contributed by atoms with Crippen molar-refractivity contribution < 1.29 is 23.8 Å². The Morgan fingerprint density at radius 2 is 1.76 bits per heavy atom. The van der Waals surface area contributed by atoms with Crippen molar-refractivity contribution in [3.63, 3.8) is 0 Å². The Morgan fingerprint density at radius 1 is 1.04 bits per heavy atom. The minimum Gasteiger partial charge on any atom is -0.493 e. The number of hydrogen-bond acceptors (Lipinski definition) is 5. The molecule has 3 rings (SSSR count). The van der Waals surface area contributed by atoms with E-state index >= 15 is 0 Å². The minimum atomic E-state index is -0.162. The number of ketones is 2. The molecule has 5 heteroatoms. The average molecular weight is 344 g/mol. The van der Waals surface area contributed by atoms with Crippen molar-refractivity contribution >= 4 is 11.6 Å². The number of rotatable bonds is 6. The minimum absolute atomic E-state index is 0.0626. The van der Waals surface area contributed by atoms with Crippen molar-refractivity contribution in [3.8, 4) is 11.5 Å². The number of carbonyl (C=O) groups is 2. The SMILES string of the molecule is CCCOc1cc(OCCC)c2c(c1)C(=O)C1=C(CO[C@@H](C)C1)C2=O. The van der Waals surface area contributed by atoms with E-state index < -0.39 is 0 Å². The van der Waals surface area contributed by atoms with Gasteiger partial charge in [0, 0.05) is 29.2 Å². The largest absolute Gasteiger partial charge is 0.493 e. The van der Waals surface area contributed by atoms with E-state index in [1.807, 2.05) is 20.8 Å². The number of fused-ring (bicyclic) bond motifs is 1. The lowest BCUT2D eigenvalue weighted by molar-refractivity contribution is 0.0615. The quantitative estimate of drug-likeness (QED) is 0.786. The molecular weight excluding hydrogens is 320 g/mol. The summed E-state index contributed by atoms with van der Waals surface area (Å²) in [7, 11) is 0. The number of ether oxygens (including phenoxy) is 3. The molecule has 0 unspecified atom stereocenters. The molecule has 134 valence electrons. The third-order valence-electron chi connectivity index (χ3n) is 4.40. The fraction of sp³-hybridized carbons (Fsp3) is 0.500. The summed E-state index contributed by atoms with van der Waals surface area (Å²) in [6.07, 6.45) is 2.07. The van der Waals surface area contributed by atoms with Crippen LogP contribution in [0.25, 0.3) is 0 Å². The topological polar surface area (TPSA) is 61.8 Å². The van der Waals surface area contributed by atoms with Gasteiger partial charge in [-0.3, -0.25) is 9.59 Å². The van der Waals surface area contributed by atoms with Crippen LogP contribution < -0.4 is 9.47 Å². The van der Waals surface area contributed by atoms with Crippen LogP contribution in [0, 0.1) is 0 Å². The Balaban J connectivity index is 2.08. The third-order valence-corrected chi connectivity index (χ3v) is 4.40. The molecule has 0 bridgehead atoms. The van der Waals surface area contributed by atoms with Crippen LogP contribution in [0.3, 0.4) is 0 Å². The molecule has 1 atom stereocenters. The molecule has 0 aromatic heterocycles. The van der Waals surface area contributed by atoms with E-state index in [9.17, 15) is 9.59 Å². The molecule has 25 heavy (non-hydrogen) atoms. The van der Waals surface area contributed by atoms with Crippen molar-refractivity contribution in [3.05, 3.63) is 34.4 Å². The molecule has 0 radical (unpaired) electrons. The second-order valence-corrected chi connectivity index (χ2v) is 6.48. The first-order valence-corrected chi connectivity index (χ1v) is 8.93. The molecule has 5 nitrogen and oxygen atoms in total. The van der Waals surface area contributed by atoms with Gasteiger partial charge in [-0.1, -0.05) is 13.8 Å². The molecular formula is C20H24O5. The van der Waals surface area contributed by atoms with Gasteiger partial charge in [0.25, 0.3) is 0 Å². The first-order valence-electron chi connectivity index (χ1n) is 8.93. The average Bonchev–Trinajstić information content (AvgIpc) is 2.62. The van der Waals surface area contributed by atoms with Gasteiger partial charge in [0.2, 0.25) is 0 Å². The van der Waals surface area contributed by atoms with Gasteiger partial charge in [-0.25, -0.2) is 0 Å². The maximum absolute atomic E-state index is 13.0. The summed E-state index contributed by atoms with van der Waals surface area (Å²) in [4.78, 5) is 26.0. The molecule has 0 N–H and O–H groups in total. The number of hydrogen-bond donors (Lipinski definition) is 0. The van der Waals surface area contributed by atoms with Gasteiger partial charge in [0.1, 0.15) is 11.5 Å². The lowest BCUT2D eigenvalue weighted by atomic mass is 9.80. The van der Waals surface area contributed by atoms with Gasteiger partial charge in [0.15, 0.2) is 11.6 Å². The Hall–Kier alpha value is -2.14. The van der Waals surface area contributed by atoms with E-state index in [0.717, 1.165) is 12.8 Å². The highest BCUT2D eigenvalue weighted by molar-refractivity contribution is 6.28. The predicted molar refractivity (Wildman–Crippen MR) is 93.7 cm³/mol. The van der Waals surface area contributed by atoms with Crippen LogP contribution in [-0.4, -0.2) is 37.5 Å². The van der Waals surface area contributed by atoms with Gasteiger partial charge < -0.3 is 14.2 Å². The molecule has 1 heterocycles. The smallest absolute Gasteiger partial charge is 0.196 e. The van der Waals surface area contributed by atoms with E-state index in [2.05, 4.69) is 0 Å². The maximum Gasteiger partial charge on any atom is 0.196 e. The lowest BCUT2D eigenvalue weighted by Gasteiger charge is -2.29. The van der Waals surface area contributed by atoms with E-state index in [-0.39, 0.29) is 24.3 Å². The first kappa shape index (κ1) is 17.7. The van der Waals surface area contributed by atoms with Crippen LogP contribution in [-0.2, 0) is 4.74 Å². The van der Waals surface area contributed by atoms with E-state index in [1.54, 1.807) is 12.1 Å². The van der Waals surface area contributed by atoms with Crippen molar-refractivity contribution in [2.45, 2.75) is 46.1 Å². The number of benzene rings is 1. The summed E-state index contributed by atoms with van der Waals surface area (Å²) in [5.74, 6) is 0.721. The Morgan fingerprint density at radius 3 is 2.48 bits per heavy atom. The Labute approximate surface area is 148 Å². The summed E-state index contributed by atoms with van der Waals surface area (Å²) < 4.78 is 17.1. The predicted octanol–water partition coefficient (Wildman–Crippen LogP) is 3.75. The van der Waals surface area contributed by atoms with Crippen molar-refractivity contribution in [1.29, 1.82) is 0 Å². The molecule has 1 aliphatic heterocycles. The Kier molecular flexibility index (Phi) is 5.23. The second kappa shape index (κ2) is 7.40. The molecule has 0 fully saturated rings. The number of Topliss-reactive ketones (excluding diaryl/α,β-unsaturated/α-hetero) is 2. The fourth-order valence-electron chi connectivity index (χ4n) is 3.16. The molecule has 0 saturated heterocycles. The van der Waals surface area contributed by atoms with E-state index in [4.69, 9.17) is 14.2 Å². The monoisotopic (exact) mass is 344 g/mol. The highest BCUT2D eigenvalue weighted by Gasteiger charge is 2.38. The highest BCUT2D eigenvalue weighted by atomic mass is 16.5. The molecule has 0 spiro atoms. The van der Waals surface area contributed by atoms with Gasteiger partial charge in [-0.05, 0) is 25.8 Å². The second-order valence-electron chi connectivity index (χ2n) is 6.48. The molecule has 0 saturated carbocycles. The summed E-state index contributed by atoms with van der Waals surface area (Å²) in [6, 6.07) is 3.39. The number of carbonyl (C=O) groups excluding carboxylic acids is 2. The lowest BCUT2D eigenvalue weighted by Crippen LogP contribution is -2.32. The van der Waals surface area contributed by atoms with Crippen molar-refractivity contribution in [1.82, 2.24) is 0 Å². The van der Waals surface area contributed by atoms with Crippen molar-refractivity contribution in [2.75, 3.05) is 19.8 Å². The zero-order valence-electron chi connectivity index (χ0n) is 15.0. The van der Waals surface area contributed by atoms with Crippen LogP contribution in [0.2, 0.25) is 0 Å². The normalized spacial score (nSPS) is 19.6. The van der Waals surface area contributed by atoms with E-state index in [1.165, 1.54) is 0 Å². The first-order chi connectivity index (χ1) is 12.1.